The summed E-state index contributed by atoms with van der Waals surface area (Å²) >= 11 is 8.91. The lowest BCUT2D eigenvalue weighted by atomic mass is 10.3. The van der Waals surface area contributed by atoms with Gasteiger partial charge in [-0.15, -0.1) is 0 Å². The molecule has 2 aromatic heterocycles. The molecule has 2 heterocycles. The summed E-state index contributed by atoms with van der Waals surface area (Å²) in [6, 6.07) is 4.55. The minimum Gasteiger partial charge on any atom is -0.303 e. The topological polar surface area (TPSA) is 78.0 Å². The summed E-state index contributed by atoms with van der Waals surface area (Å²) < 4.78 is 1.34. The van der Waals surface area contributed by atoms with Crippen LogP contribution >= 0.6 is 27.5 Å². The monoisotopic (exact) mass is 343 g/mol. The molecule has 0 atom stereocenters. The highest BCUT2D eigenvalue weighted by molar-refractivity contribution is 9.10. The maximum atomic E-state index is 11.9. The number of rotatable bonds is 3. The summed E-state index contributed by atoms with van der Waals surface area (Å²) in [5.41, 5.74) is 0.0654. The number of nitrogens with zero attached hydrogens (tertiary/aromatic N) is 3. The van der Waals surface area contributed by atoms with Crippen molar-refractivity contribution < 1.29 is 4.92 Å². The molecular weight excluding hydrogens is 337 g/mol. The zero-order valence-electron chi connectivity index (χ0n) is 9.42. The normalized spacial score (nSPS) is 10.4. The highest BCUT2D eigenvalue weighted by Crippen LogP contribution is 2.17. The average molecular weight is 345 g/mol. The summed E-state index contributed by atoms with van der Waals surface area (Å²) in [5.74, 6) is 0. The van der Waals surface area contributed by atoms with Crippen LogP contribution in [0.5, 0.6) is 0 Å². The van der Waals surface area contributed by atoms with Crippen LogP contribution in [0.25, 0.3) is 0 Å². The number of nitro groups is 1. The Balaban J connectivity index is 2.48. The van der Waals surface area contributed by atoms with Crippen LogP contribution in [0.15, 0.2) is 39.9 Å². The molecule has 0 saturated heterocycles. The molecular formula is C11H7BrClN3O3. The van der Waals surface area contributed by atoms with Crippen molar-refractivity contribution in [3.8, 4) is 0 Å². The van der Waals surface area contributed by atoms with E-state index in [-0.39, 0.29) is 27.4 Å². The number of halogens is 2. The number of aromatic nitrogens is 2. The summed E-state index contributed by atoms with van der Waals surface area (Å²) in [6.07, 6.45) is 2.70. The lowest BCUT2D eigenvalue weighted by Crippen LogP contribution is -2.21. The van der Waals surface area contributed by atoms with Crippen molar-refractivity contribution in [1.29, 1.82) is 0 Å². The van der Waals surface area contributed by atoms with Gasteiger partial charge in [-0.1, -0.05) is 17.7 Å². The van der Waals surface area contributed by atoms with Crippen LogP contribution < -0.4 is 5.56 Å². The molecule has 0 saturated carbocycles. The molecule has 2 aromatic rings. The van der Waals surface area contributed by atoms with Crippen LogP contribution in [-0.4, -0.2) is 14.5 Å². The van der Waals surface area contributed by atoms with Gasteiger partial charge in [0.1, 0.15) is 5.15 Å². The summed E-state index contributed by atoms with van der Waals surface area (Å²) in [5, 5.41) is 11.0. The number of hydrogen-bond acceptors (Lipinski definition) is 4. The Kier molecular flexibility index (Phi) is 3.96. The maximum Gasteiger partial charge on any atom is 0.286 e. The zero-order chi connectivity index (χ0) is 14.0. The molecule has 2 rings (SSSR count). The largest absolute Gasteiger partial charge is 0.303 e. The molecule has 0 aliphatic rings. The Hall–Kier alpha value is -1.73. The summed E-state index contributed by atoms with van der Waals surface area (Å²) in [7, 11) is 0. The van der Waals surface area contributed by atoms with Gasteiger partial charge in [0.05, 0.1) is 22.1 Å². The molecule has 0 aromatic carbocycles. The van der Waals surface area contributed by atoms with E-state index < -0.39 is 4.92 Å². The predicted molar refractivity (Wildman–Crippen MR) is 73.4 cm³/mol. The molecule has 6 nitrogen and oxygen atoms in total. The van der Waals surface area contributed by atoms with Crippen molar-refractivity contribution in [3.05, 3.63) is 66.3 Å². The Morgan fingerprint density at radius 2 is 2.26 bits per heavy atom. The minimum atomic E-state index is -0.564. The van der Waals surface area contributed by atoms with Crippen molar-refractivity contribution in [2.45, 2.75) is 6.54 Å². The Morgan fingerprint density at radius 3 is 2.89 bits per heavy atom. The molecule has 0 radical (unpaired) electrons. The minimum absolute atomic E-state index is 0.117. The third-order valence-corrected chi connectivity index (χ3v) is 3.32. The summed E-state index contributed by atoms with van der Waals surface area (Å²) in [6.45, 7) is 0.117. The van der Waals surface area contributed by atoms with E-state index >= 15 is 0 Å². The van der Waals surface area contributed by atoms with Crippen LogP contribution in [0, 0.1) is 10.1 Å². The third-order valence-electron chi connectivity index (χ3n) is 2.42. The van der Waals surface area contributed by atoms with Crippen molar-refractivity contribution in [3.63, 3.8) is 0 Å². The van der Waals surface area contributed by atoms with Crippen LogP contribution in [0.2, 0.25) is 5.15 Å². The first-order valence-electron chi connectivity index (χ1n) is 5.13. The van der Waals surface area contributed by atoms with Gasteiger partial charge in [-0.25, -0.2) is 4.98 Å². The van der Waals surface area contributed by atoms with Gasteiger partial charge in [0.25, 0.3) is 11.2 Å². The first-order chi connectivity index (χ1) is 8.99. The predicted octanol–water partition coefficient (Wildman–Crippen LogP) is 2.62. The average Bonchev–Trinajstić information content (AvgIpc) is 2.37. The van der Waals surface area contributed by atoms with E-state index in [9.17, 15) is 14.9 Å². The van der Waals surface area contributed by atoms with Gasteiger partial charge in [-0.05, 0) is 22.0 Å². The maximum absolute atomic E-state index is 11.9. The Morgan fingerprint density at radius 1 is 1.53 bits per heavy atom. The van der Waals surface area contributed by atoms with Crippen LogP contribution in [0.4, 0.5) is 5.69 Å². The van der Waals surface area contributed by atoms with E-state index in [0.29, 0.717) is 5.56 Å². The molecule has 0 spiro atoms. The van der Waals surface area contributed by atoms with Gasteiger partial charge in [0.2, 0.25) is 0 Å². The fourth-order valence-electron chi connectivity index (χ4n) is 1.52. The fourth-order valence-corrected chi connectivity index (χ4v) is 2.16. The second-order valence-electron chi connectivity index (χ2n) is 3.69. The van der Waals surface area contributed by atoms with Gasteiger partial charge in [0.15, 0.2) is 0 Å². The zero-order valence-corrected chi connectivity index (χ0v) is 11.8. The summed E-state index contributed by atoms with van der Waals surface area (Å²) in [4.78, 5) is 26.0. The highest BCUT2D eigenvalue weighted by atomic mass is 79.9. The van der Waals surface area contributed by atoms with Gasteiger partial charge in [0, 0.05) is 17.8 Å². The van der Waals surface area contributed by atoms with Crippen molar-refractivity contribution in [1.82, 2.24) is 9.55 Å². The molecule has 98 valence electrons. The molecule has 0 N–H and O–H groups in total. The molecule has 0 aliphatic heterocycles. The van der Waals surface area contributed by atoms with Gasteiger partial charge in [-0.2, -0.15) is 0 Å². The van der Waals surface area contributed by atoms with E-state index in [2.05, 4.69) is 20.9 Å². The Labute approximate surface area is 120 Å². The van der Waals surface area contributed by atoms with E-state index in [1.807, 2.05) is 0 Å². The highest BCUT2D eigenvalue weighted by Gasteiger charge is 2.13. The van der Waals surface area contributed by atoms with Crippen LogP contribution in [0.3, 0.4) is 0 Å². The molecule has 8 heteroatoms. The van der Waals surface area contributed by atoms with Crippen molar-refractivity contribution in [2.75, 3.05) is 0 Å². The second kappa shape index (κ2) is 5.50. The van der Waals surface area contributed by atoms with Gasteiger partial charge >= 0.3 is 0 Å². The van der Waals surface area contributed by atoms with Gasteiger partial charge < -0.3 is 4.57 Å². The van der Waals surface area contributed by atoms with E-state index in [4.69, 9.17) is 11.6 Å². The lowest BCUT2D eigenvalue weighted by molar-refractivity contribution is -0.385. The fraction of sp³-hybridized carbons (Fsp3) is 0.0909. The number of hydrogen-bond donors (Lipinski definition) is 0. The lowest BCUT2D eigenvalue weighted by Gasteiger charge is -2.07. The van der Waals surface area contributed by atoms with E-state index in [1.54, 1.807) is 12.1 Å². The van der Waals surface area contributed by atoms with Crippen molar-refractivity contribution >= 4 is 33.2 Å². The van der Waals surface area contributed by atoms with E-state index in [0.717, 1.165) is 0 Å². The first kappa shape index (κ1) is 13.7. The quantitative estimate of drug-likeness (QED) is 0.487. The van der Waals surface area contributed by atoms with E-state index in [1.165, 1.54) is 23.0 Å². The molecule has 0 amide bonds. The van der Waals surface area contributed by atoms with Crippen LogP contribution in [-0.2, 0) is 6.54 Å². The number of pyridine rings is 2. The standard InChI is InChI=1S/C11H7BrClN3O3/c12-9-4-8(16(18)19)6-15(11(9)17)5-7-2-1-3-14-10(7)13/h1-4,6H,5H2. The Bertz CT molecular complexity index is 702. The first-order valence-corrected chi connectivity index (χ1v) is 6.30. The SMILES string of the molecule is O=c1c(Br)cc([N+](=O)[O-])cn1Cc1cccnc1Cl. The third kappa shape index (κ3) is 2.99. The van der Waals surface area contributed by atoms with Gasteiger partial charge in [-0.3, -0.25) is 14.9 Å². The molecule has 0 aliphatic carbocycles. The smallest absolute Gasteiger partial charge is 0.286 e. The van der Waals surface area contributed by atoms with Crippen molar-refractivity contribution in [2.24, 2.45) is 0 Å². The molecule has 0 unspecified atom stereocenters. The molecule has 0 bridgehead atoms. The van der Waals surface area contributed by atoms with Crippen LogP contribution in [0.1, 0.15) is 5.56 Å². The second-order valence-corrected chi connectivity index (χ2v) is 4.90. The molecule has 19 heavy (non-hydrogen) atoms. The molecule has 0 fully saturated rings.